The zero-order chi connectivity index (χ0) is 21.7. The summed E-state index contributed by atoms with van der Waals surface area (Å²) in [6, 6.07) is 7.77. The van der Waals surface area contributed by atoms with Crippen molar-refractivity contribution in [2.75, 3.05) is 23.3 Å². The second-order valence-electron chi connectivity index (χ2n) is 8.59. The normalized spacial score (nSPS) is 16.1. The lowest BCUT2D eigenvalue weighted by atomic mass is 10.0. The quantitative estimate of drug-likeness (QED) is 0.452. The number of hydrogen-bond acceptors (Lipinski definition) is 5. The molecule has 0 bridgehead atoms. The Hall–Kier alpha value is -3.68. The van der Waals surface area contributed by atoms with E-state index in [1.165, 1.54) is 18.9 Å². The molecule has 0 unspecified atom stereocenters. The first-order valence-electron chi connectivity index (χ1n) is 11.1. The number of aromatic amines is 1. The number of pyridine rings is 1. The van der Waals surface area contributed by atoms with Crippen LogP contribution in [-0.4, -0.2) is 38.1 Å². The van der Waals surface area contributed by atoms with Crippen LogP contribution >= 0.6 is 0 Å². The molecule has 4 heterocycles. The second kappa shape index (κ2) is 7.47. The van der Waals surface area contributed by atoms with Gasteiger partial charge in [-0.05, 0) is 43.9 Å². The second-order valence-corrected chi connectivity index (χ2v) is 8.59. The Bertz CT molecular complexity index is 1290. The molecule has 2 N–H and O–H groups in total. The van der Waals surface area contributed by atoms with Crippen molar-refractivity contribution in [1.82, 2.24) is 25.0 Å². The molecule has 32 heavy (non-hydrogen) atoms. The van der Waals surface area contributed by atoms with Gasteiger partial charge in [0.15, 0.2) is 0 Å². The molecule has 0 spiro atoms. The highest BCUT2D eigenvalue weighted by Crippen LogP contribution is 2.36. The fraction of sp³-hybridized carbons (Fsp3) is 0.292. The lowest BCUT2D eigenvalue weighted by Gasteiger charge is -2.16. The van der Waals surface area contributed by atoms with E-state index < -0.39 is 0 Å². The van der Waals surface area contributed by atoms with Crippen molar-refractivity contribution in [3.63, 3.8) is 0 Å². The van der Waals surface area contributed by atoms with Crippen LogP contribution in [0, 0.1) is 5.82 Å². The van der Waals surface area contributed by atoms with Crippen molar-refractivity contribution in [3.8, 4) is 11.1 Å². The van der Waals surface area contributed by atoms with Crippen LogP contribution in [0.4, 0.5) is 15.9 Å². The van der Waals surface area contributed by atoms with Gasteiger partial charge in [0, 0.05) is 41.9 Å². The molecular formula is C24H24FN7. The molecule has 6 rings (SSSR count). The summed E-state index contributed by atoms with van der Waals surface area (Å²) in [7, 11) is 0. The van der Waals surface area contributed by atoms with Crippen LogP contribution < -0.4 is 10.2 Å². The average Bonchev–Trinajstić information content (AvgIpc) is 3.20. The van der Waals surface area contributed by atoms with E-state index in [4.69, 9.17) is 0 Å². The van der Waals surface area contributed by atoms with Gasteiger partial charge in [0.1, 0.15) is 17.3 Å². The van der Waals surface area contributed by atoms with E-state index in [0.29, 0.717) is 28.5 Å². The first-order valence-corrected chi connectivity index (χ1v) is 11.1. The Morgan fingerprint density at radius 2 is 2.00 bits per heavy atom. The van der Waals surface area contributed by atoms with E-state index in [2.05, 4.69) is 37.1 Å². The van der Waals surface area contributed by atoms with Gasteiger partial charge in [0.2, 0.25) is 0 Å². The van der Waals surface area contributed by atoms with Crippen molar-refractivity contribution < 1.29 is 4.39 Å². The van der Waals surface area contributed by atoms with E-state index in [9.17, 15) is 4.39 Å². The maximum Gasteiger partial charge on any atom is 0.133 e. The highest BCUT2D eigenvalue weighted by atomic mass is 19.1. The van der Waals surface area contributed by atoms with E-state index in [1.807, 2.05) is 35.3 Å². The molecular weight excluding hydrogens is 405 g/mol. The zero-order valence-corrected chi connectivity index (χ0v) is 17.7. The van der Waals surface area contributed by atoms with Gasteiger partial charge in [-0.1, -0.05) is 6.58 Å². The Morgan fingerprint density at radius 3 is 2.75 bits per heavy atom. The zero-order valence-electron chi connectivity index (χ0n) is 17.7. The summed E-state index contributed by atoms with van der Waals surface area (Å²) in [5, 5.41) is 15.8. The number of hydrogen-bond donors (Lipinski definition) is 2. The number of fused-ring (bicyclic) bond motifs is 1. The first-order chi connectivity index (χ1) is 15.7. The number of aromatic nitrogens is 5. The summed E-state index contributed by atoms with van der Waals surface area (Å²) in [5.74, 6) is 0.694. The van der Waals surface area contributed by atoms with Gasteiger partial charge >= 0.3 is 0 Å². The predicted molar refractivity (Wildman–Crippen MR) is 124 cm³/mol. The molecule has 0 atom stereocenters. The van der Waals surface area contributed by atoms with Gasteiger partial charge in [-0.3, -0.25) is 9.78 Å². The molecule has 2 fully saturated rings. The number of H-pyrrole nitrogens is 1. The average molecular weight is 430 g/mol. The summed E-state index contributed by atoms with van der Waals surface area (Å²) in [6.45, 7) is 6.28. The molecule has 2 aliphatic rings. The third-order valence-electron chi connectivity index (χ3n) is 6.24. The molecule has 0 radical (unpaired) electrons. The third kappa shape index (κ3) is 3.41. The Labute approximate surface area is 185 Å². The van der Waals surface area contributed by atoms with E-state index in [-0.39, 0.29) is 5.82 Å². The number of benzene rings is 1. The van der Waals surface area contributed by atoms with Crippen molar-refractivity contribution >= 4 is 28.1 Å². The van der Waals surface area contributed by atoms with E-state index in [0.717, 1.165) is 48.4 Å². The number of halogens is 1. The van der Waals surface area contributed by atoms with Crippen LogP contribution in [0.5, 0.6) is 0 Å². The van der Waals surface area contributed by atoms with Gasteiger partial charge in [-0.15, -0.1) is 0 Å². The summed E-state index contributed by atoms with van der Waals surface area (Å²) in [6.07, 6.45) is 10.2. The van der Waals surface area contributed by atoms with Crippen molar-refractivity contribution in [3.05, 3.63) is 60.9 Å². The summed E-state index contributed by atoms with van der Waals surface area (Å²) >= 11 is 0. The summed E-state index contributed by atoms with van der Waals surface area (Å²) in [4.78, 5) is 6.87. The topological polar surface area (TPSA) is 74.7 Å². The fourth-order valence-electron chi connectivity index (χ4n) is 4.33. The highest BCUT2D eigenvalue weighted by Gasteiger charge is 2.25. The maximum atomic E-state index is 14.8. The number of nitrogens with one attached hydrogen (secondary N) is 2. The molecule has 7 nitrogen and oxygen atoms in total. The molecule has 0 amide bonds. The molecule has 1 aliphatic carbocycles. The molecule has 1 aromatic carbocycles. The minimum atomic E-state index is -0.302. The minimum Gasteiger partial charge on any atom is -0.357 e. The van der Waals surface area contributed by atoms with Crippen molar-refractivity contribution in [1.29, 1.82) is 0 Å². The lowest BCUT2D eigenvalue weighted by Crippen LogP contribution is -2.18. The Morgan fingerprint density at radius 1 is 1.16 bits per heavy atom. The first kappa shape index (κ1) is 19.0. The van der Waals surface area contributed by atoms with Gasteiger partial charge in [0.25, 0.3) is 0 Å². The van der Waals surface area contributed by atoms with Crippen LogP contribution in [0.15, 0.2) is 49.4 Å². The van der Waals surface area contributed by atoms with Gasteiger partial charge < -0.3 is 10.2 Å². The molecule has 1 saturated carbocycles. The third-order valence-corrected chi connectivity index (χ3v) is 6.24. The Balaban J connectivity index is 1.27. The van der Waals surface area contributed by atoms with Gasteiger partial charge in [-0.2, -0.15) is 10.2 Å². The molecule has 1 saturated heterocycles. The SMILES string of the molecule is C=C(Nc1ccc(N2CCCC2)nc1)c1n[nH]c2cc(F)c(-c3cnn(C4CC4)c3)cc12. The number of anilines is 2. The van der Waals surface area contributed by atoms with Crippen LogP contribution in [0.2, 0.25) is 0 Å². The molecule has 162 valence electrons. The predicted octanol–water partition coefficient (Wildman–Crippen LogP) is 4.98. The van der Waals surface area contributed by atoms with Crippen LogP contribution in [0.3, 0.4) is 0 Å². The Kier molecular flexibility index (Phi) is 4.45. The molecule has 1 aliphatic heterocycles. The van der Waals surface area contributed by atoms with Crippen LogP contribution in [0.25, 0.3) is 27.7 Å². The summed E-state index contributed by atoms with van der Waals surface area (Å²) in [5.41, 5.74) is 4.02. The van der Waals surface area contributed by atoms with Gasteiger partial charge in [0.05, 0.1) is 35.3 Å². The summed E-state index contributed by atoms with van der Waals surface area (Å²) < 4.78 is 16.7. The molecule has 8 heteroatoms. The van der Waals surface area contributed by atoms with E-state index in [1.54, 1.807) is 6.20 Å². The molecule has 3 aromatic heterocycles. The van der Waals surface area contributed by atoms with Crippen LogP contribution in [-0.2, 0) is 0 Å². The maximum absolute atomic E-state index is 14.8. The lowest BCUT2D eigenvalue weighted by molar-refractivity contribution is 0.632. The monoisotopic (exact) mass is 429 g/mol. The minimum absolute atomic E-state index is 0.302. The number of rotatable bonds is 6. The number of nitrogens with zero attached hydrogens (tertiary/aromatic N) is 5. The standard InChI is InChI=1S/C24H24FN7/c1-15(28-17-4-7-23(26-13-17)31-8-2-3-9-31)24-20-10-19(21(25)11-22(20)29-30-24)16-12-27-32(14-16)18-5-6-18/h4,7,10-14,18,28H,1-3,5-6,8-9H2,(H,29,30). The van der Waals surface area contributed by atoms with E-state index >= 15 is 0 Å². The van der Waals surface area contributed by atoms with Crippen LogP contribution in [0.1, 0.15) is 37.4 Å². The van der Waals surface area contributed by atoms with Gasteiger partial charge in [-0.25, -0.2) is 9.37 Å². The van der Waals surface area contributed by atoms with Crippen molar-refractivity contribution in [2.24, 2.45) is 0 Å². The molecule has 4 aromatic rings. The smallest absolute Gasteiger partial charge is 0.133 e. The fourth-order valence-corrected chi connectivity index (χ4v) is 4.33. The van der Waals surface area contributed by atoms with Crippen molar-refractivity contribution in [2.45, 2.75) is 31.7 Å². The largest absolute Gasteiger partial charge is 0.357 e. The highest BCUT2D eigenvalue weighted by molar-refractivity contribution is 5.95.